The number of rotatable bonds is 3. The summed E-state index contributed by atoms with van der Waals surface area (Å²) in [6, 6.07) is 2.54. The molecule has 0 unspecified atom stereocenters. The van der Waals surface area contributed by atoms with Crippen molar-refractivity contribution in [2.24, 2.45) is 0 Å². The molecule has 0 saturated heterocycles. The smallest absolute Gasteiger partial charge is 0.253 e. The molecule has 22 heavy (non-hydrogen) atoms. The molecule has 3 heterocycles. The number of hydrogen-bond donors (Lipinski definition) is 1. The van der Waals surface area contributed by atoms with Crippen LogP contribution in [-0.4, -0.2) is 26.1 Å². The zero-order chi connectivity index (χ0) is 15.9. The van der Waals surface area contributed by atoms with Crippen molar-refractivity contribution in [1.82, 2.24) is 19.4 Å². The predicted molar refractivity (Wildman–Crippen MR) is 86.1 cm³/mol. The highest BCUT2D eigenvalue weighted by Crippen LogP contribution is 2.21. The number of carbonyl (C=O) groups excluding carboxylic acids is 1. The SMILES string of the molecule is Cc1cc(C(=O)N[C@H]2CCc3nccn3C2)c(C)n1C(C)C. The number of nitrogens with one attached hydrogen (secondary N) is 1. The number of aryl methyl sites for hydroxylation is 2. The first-order valence-electron chi connectivity index (χ1n) is 7.96. The summed E-state index contributed by atoms with van der Waals surface area (Å²) in [6.07, 6.45) is 5.68. The topological polar surface area (TPSA) is 51.9 Å². The Morgan fingerprint density at radius 1 is 1.41 bits per heavy atom. The van der Waals surface area contributed by atoms with Gasteiger partial charge in [0.05, 0.1) is 5.56 Å². The molecule has 0 fully saturated rings. The lowest BCUT2D eigenvalue weighted by atomic mass is 10.1. The summed E-state index contributed by atoms with van der Waals surface area (Å²) in [5.41, 5.74) is 2.98. The Bertz CT molecular complexity index is 696. The lowest BCUT2D eigenvalue weighted by Gasteiger charge is -2.24. The van der Waals surface area contributed by atoms with Crippen LogP contribution in [-0.2, 0) is 13.0 Å². The van der Waals surface area contributed by atoms with Crippen molar-refractivity contribution in [3.05, 3.63) is 41.2 Å². The van der Waals surface area contributed by atoms with E-state index in [0.717, 1.165) is 42.2 Å². The van der Waals surface area contributed by atoms with Crippen LogP contribution in [0.15, 0.2) is 18.5 Å². The molecular formula is C17H24N4O. The monoisotopic (exact) mass is 300 g/mol. The average Bonchev–Trinajstić information content (AvgIpc) is 3.02. The summed E-state index contributed by atoms with van der Waals surface area (Å²) in [7, 11) is 0. The summed E-state index contributed by atoms with van der Waals surface area (Å²) >= 11 is 0. The van der Waals surface area contributed by atoms with Gasteiger partial charge in [0.1, 0.15) is 5.82 Å². The van der Waals surface area contributed by atoms with Crippen molar-refractivity contribution < 1.29 is 4.79 Å². The fourth-order valence-electron chi connectivity index (χ4n) is 3.55. The highest BCUT2D eigenvalue weighted by molar-refractivity contribution is 5.95. The molecule has 118 valence electrons. The highest BCUT2D eigenvalue weighted by atomic mass is 16.1. The van der Waals surface area contributed by atoms with Crippen molar-refractivity contribution in [3.63, 3.8) is 0 Å². The second kappa shape index (κ2) is 5.63. The van der Waals surface area contributed by atoms with E-state index < -0.39 is 0 Å². The number of nitrogens with zero attached hydrogens (tertiary/aromatic N) is 3. The number of amides is 1. The van der Waals surface area contributed by atoms with Crippen molar-refractivity contribution >= 4 is 5.91 Å². The molecule has 1 aliphatic rings. The quantitative estimate of drug-likeness (QED) is 0.947. The van der Waals surface area contributed by atoms with E-state index in [1.165, 1.54) is 0 Å². The van der Waals surface area contributed by atoms with Gasteiger partial charge in [-0.15, -0.1) is 0 Å². The van der Waals surface area contributed by atoms with Crippen LogP contribution in [0, 0.1) is 13.8 Å². The number of imidazole rings is 1. The molecule has 0 aromatic carbocycles. The molecule has 2 aromatic rings. The first kappa shape index (κ1) is 14.9. The van der Waals surface area contributed by atoms with E-state index in [1.807, 2.05) is 25.4 Å². The van der Waals surface area contributed by atoms with Crippen LogP contribution < -0.4 is 5.32 Å². The molecule has 0 aliphatic carbocycles. The second-order valence-electron chi connectivity index (χ2n) is 6.45. The van der Waals surface area contributed by atoms with Gasteiger partial charge in [-0.1, -0.05) is 0 Å². The Kier molecular flexibility index (Phi) is 3.81. The van der Waals surface area contributed by atoms with Crippen molar-refractivity contribution in [2.75, 3.05) is 0 Å². The highest BCUT2D eigenvalue weighted by Gasteiger charge is 2.23. The molecule has 1 atom stereocenters. The lowest BCUT2D eigenvalue weighted by molar-refractivity contribution is 0.0927. The molecule has 5 nitrogen and oxygen atoms in total. The van der Waals surface area contributed by atoms with Crippen LogP contribution in [0.25, 0.3) is 0 Å². The minimum Gasteiger partial charge on any atom is -0.347 e. The number of aromatic nitrogens is 3. The van der Waals surface area contributed by atoms with Crippen LogP contribution in [0.2, 0.25) is 0 Å². The van der Waals surface area contributed by atoms with E-state index in [1.54, 1.807) is 0 Å². The maximum Gasteiger partial charge on any atom is 0.253 e. The Morgan fingerprint density at radius 3 is 2.86 bits per heavy atom. The van der Waals surface area contributed by atoms with Gasteiger partial charge in [0, 0.05) is 48.8 Å². The molecule has 0 spiro atoms. The summed E-state index contributed by atoms with van der Waals surface area (Å²) in [6.45, 7) is 9.18. The number of carbonyl (C=O) groups is 1. The summed E-state index contributed by atoms with van der Waals surface area (Å²) in [5.74, 6) is 1.15. The summed E-state index contributed by atoms with van der Waals surface area (Å²) in [4.78, 5) is 16.9. The molecular weight excluding hydrogens is 276 g/mol. The van der Waals surface area contributed by atoms with E-state index in [-0.39, 0.29) is 11.9 Å². The van der Waals surface area contributed by atoms with Crippen molar-refractivity contribution in [2.45, 2.75) is 59.2 Å². The van der Waals surface area contributed by atoms with Crippen LogP contribution in [0.1, 0.15) is 53.9 Å². The van der Waals surface area contributed by atoms with Gasteiger partial charge in [-0.25, -0.2) is 4.98 Å². The normalized spacial score (nSPS) is 17.6. The van der Waals surface area contributed by atoms with E-state index in [4.69, 9.17) is 0 Å². The van der Waals surface area contributed by atoms with Gasteiger partial charge in [-0.2, -0.15) is 0 Å². The zero-order valence-electron chi connectivity index (χ0n) is 13.8. The molecule has 1 N–H and O–H groups in total. The molecule has 0 radical (unpaired) electrons. The van der Waals surface area contributed by atoms with Gasteiger partial charge in [0.2, 0.25) is 0 Å². The molecule has 1 aliphatic heterocycles. The van der Waals surface area contributed by atoms with Gasteiger partial charge in [-0.05, 0) is 40.2 Å². The average molecular weight is 300 g/mol. The molecule has 2 aromatic heterocycles. The Morgan fingerprint density at radius 2 is 2.18 bits per heavy atom. The second-order valence-corrected chi connectivity index (χ2v) is 6.45. The van der Waals surface area contributed by atoms with Gasteiger partial charge < -0.3 is 14.5 Å². The van der Waals surface area contributed by atoms with Crippen LogP contribution in [0.4, 0.5) is 0 Å². The van der Waals surface area contributed by atoms with Gasteiger partial charge in [-0.3, -0.25) is 4.79 Å². The maximum atomic E-state index is 12.6. The van der Waals surface area contributed by atoms with Crippen LogP contribution in [0.5, 0.6) is 0 Å². The van der Waals surface area contributed by atoms with E-state index in [9.17, 15) is 4.79 Å². The van der Waals surface area contributed by atoms with Crippen molar-refractivity contribution in [1.29, 1.82) is 0 Å². The maximum absolute atomic E-state index is 12.6. The van der Waals surface area contributed by atoms with E-state index in [2.05, 4.69) is 40.2 Å². The van der Waals surface area contributed by atoms with Gasteiger partial charge in [0.25, 0.3) is 5.91 Å². The molecule has 3 rings (SSSR count). The third kappa shape index (κ3) is 2.56. The van der Waals surface area contributed by atoms with Gasteiger partial charge in [0.15, 0.2) is 0 Å². The largest absolute Gasteiger partial charge is 0.347 e. The lowest BCUT2D eigenvalue weighted by Crippen LogP contribution is -2.41. The number of hydrogen-bond acceptors (Lipinski definition) is 2. The number of fused-ring (bicyclic) bond motifs is 1. The third-order valence-electron chi connectivity index (χ3n) is 4.52. The fourth-order valence-corrected chi connectivity index (χ4v) is 3.55. The molecule has 0 saturated carbocycles. The Hall–Kier alpha value is -2.04. The van der Waals surface area contributed by atoms with Gasteiger partial charge >= 0.3 is 0 Å². The third-order valence-corrected chi connectivity index (χ3v) is 4.52. The first-order valence-corrected chi connectivity index (χ1v) is 7.96. The van der Waals surface area contributed by atoms with Crippen LogP contribution >= 0.6 is 0 Å². The Balaban J connectivity index is 1.75. The first-order chi connectivity index (χ1) is 10.5. The minimum atomic E-state index is 0.0357. The Labute approximate surface area is 131 Å². The van der Waals surface area contributed by atoms with Crippen LogP contribution in [0.3, 0.4) is 0 Å². The minimum absolute atomic E-state index is 0.0357. The van der Waals surface area contributed by atoms with E-state index in [0.29, 0.717) is 6.04 Å². The zero-order valence-corrected chi connectivity index (χ0v) is 13.8. The van der Waals surface area contributed by atoms with Crippen molar-refractivity contribution in [3.8, 4) is 0 Å². The summed E-state index contributed by atoms with van der Waals surface area (Å²) in [5, 5.41) is 3.19. The molecule has 5 heteroatoms. The molecule has 0 bridgehead atoms. The predicted octanol–water partition coefficient (Wildman–Crippen LogP) is 2.63. The van der Waals surface area contributed by atoms with E-state index >= 15 is 0 Å². The molecule has 1 amide bonds. The fraction of sp³-hybridized carbons (Fsp3) is 0.529. The summed E-state index contributed by atoms with van der Waals surface area (Å²) < 4.78 is 4.34. The standard InChI is InChI=1S/C17H24N4O/c1-11(2)21-12(3)9-15(13(21)4)17(22)19-14-5-6-16-18-7-8-20(16)10-14/h7-9,11,14H,5-6,10H2,1-4H3,(H,19,22)/t14-/m0/s1.